The van der Waals surface area contributed by atoms with E-state index in [4.69, 9.17) is 15.2 Å². The Morgan fingerprint density at radius 3 is 2.59 bits per heavy atom. The molecule has 2 aromatic rings. The van der Waals surface area contributed by atoms with Crippen LogP contribution in [-0.4, -0.2) is 23.5 Å². The molecule has 8 heteroatoms. The first-order valence-electron chi connectivity index (χ1n) is 6.42. The molecule has 0 aliphatic heterocycles. The molecule has 0 radical (unpaired) electrons. The topological polar surface area (TPSA) is 62.3 Å². The summed E-state index contributed by atoms with van der Waals surface area (Å²) in [6.07, 6.45) is -3.54. The fourth-order valence-electron chi connectivity index (χ4n) is 1.99. The zero-order valence-electron chi connectivity index (χ0n) is 12.1. The molecule has 22 heavy (non-hydrogen) atoms. The van der Waals surface area contributed by atoms with Crippen molar-refractivity contribution in [2.45, 2.75) is 12.7 Å². The second-order valence-electron chi connectivity index (χ2n) is 4.64. The van der Waals surface area contributed by atoms with Gasteiger partial charge in [-0.05, 0) is 6.07 Å². The highest BCUT2D eigenvalue weighted by Gasteiger charge is 2.34. The zero-order valence-corrected chi connectivity index (χ0v) is 12.1. The van der Waals surface area contributed by atoms with Crippen LogP contribution in [0.3, 0.4) is 0 Å². The Kier molecular flexibility index (Phi) is 4.72. The van der Waals surface area contributed by atoms with E-state index in [1.165, 1.54) is 18.7 Å². The van der Waals surface area contributed by atoms with Gasteiger partial charge >= 0.3 is 6.18 Å². The van der Waals surface area contributed by atoms with Gasteiger partial charge in [0, 0.05) is 38.0 Å². The van der Waals surface area contributed by atoms with Gasteiger partial charge in [-0.1, -0.05) is 12.1 Å². The lowest BCUT2D eigenvalue weighted by atomic mass is 10.1. The van der Waals surface area contributed by atoms with E-state index < -0.39 is 11.9 Å². The first-order valence-corrected chi connectivity index (χ1v) is 6.42. The number of benzene rings is 1. The van der Waals surface area contributed by atoms with Crippen molar-refractivity contribution in [1.82, 2.24) is 9.55 Å². The second kappa shape index (κ2) is 6.37. The third kappa shape index (κ3) is 3.40. The first-order chi connectivity index (χ1) is 10.4. The summed E-state index contributed by atoms with van der Waals surface area (Å²) in [5.41, 5.74) is 5.90. The van der Waals surface area contributed by atoms with E-state index in [1.54, 1.807) is 18.2 Å². The van der Waals surface area contributed by atoms with E-state index in [0.717, 1.165) is 11.8 Å². The van der Waals surface area contributed by atoms with E-state index in [-0.39, 0.29) is 19.2 Å². The molecule has 0 aliphatic carbocycles. The maximum atomic E-state index is 12.7. The minimum absolute atomic E-state index is 0.0187. The second-order valence-corrected chi connectivity index (χ2v) is 4.64. The molecule has 0 spiro atoms. The minimum Gasteiger partial charge on any atom is -0.467 e. The van der Waals surface area contributed by atoms with Crippen LogP contribution in [-0.2, 0) is 24.5 Å². The Balaban J connectivity index is 2.42. The number of methoxy groups -OCH3 is 1. The number of nitrogens with zero attached hydrogens (tertiary/aromatic N) is 2. The smallest absolute Gasteiger partial charge is 0.434 e. The lowest BCUT2D eigenvalue weighted by Crippen LogP contribution is -2.06. The number of aromatic nitrogens is 2. The molecule has 0 aliphatic rings. The van der Waals surface area contributed by atoms with Crippen LogP contribution in [0.2, 0.25) is 0 Å². The predicted molar refractivity (Wildman–Crippen MR) is 74.0 cm³/mol. The van der Waals surface area contributed by atoms with Crippen molar-refractivity contribution in [3.63, 3.8) is 0 Å². The maximum Gasteiger partial charge on any atom is 0.434 e. The quantitative estimate of drug-likeness (QED) is 0.861. The van der Waals surface area contributed by atoms with Crippen molar-refractivity contribution < 1.29 is 22.6 Å². The molecule has 2 rings (SSSR count). The fraction of sp³-hybridized carbons (Fsp3) is 0.357. The SMILES string of the molecule is COCOc1cc(-c2nc(C(F)(F)F)cn2C)ccc1CN. The number of aryl methyl sites for hydroxylation is 1. The third-order valence-corrected chi connectivity index (χ3v) is 3.04. The highest BCUT2D eigenvalue weighted by Crippen LogP contribution is 2.32. The number of alkyl halides is 3. The van der Waals surface area contributed by atoms with Crippen LogP contribution in [0.25, 0.3) is 11.4 Å². The van der Waals surface area contributed by atoms with Crippen LogP contribution in [0.5, 0.6) is 5.75 Å². The molecule has 0 fully saturated rings. The van der Waals surface area contributed by atoms with Gasteiger partial charge in [0.2, 0.25) is 0 Å². The van der Waals surface area contributed by atoms with Gasteiger partial charge < -0.3 is 19.8 Å². The Morgan fingerprint density at radius 2 is 2.05 bits per heavy atom. The van der Waals surface area contributed by atoms with E-state index in [0.29, 0.717) is 11.3 Å². The van der Waals surface area contributed by atoms with Crippen molar-refractivity contribution in [2.75, 3.05) is 13.9 Å². The summed E-state index contributed by atoms with van der Waals surface area (Å²) in [7, 11) is 2.98. The first kappa shape index (κ1) is 16.3. The zero-order chi connectivity index (χ0) is 16.3. The average Bonchev–Trinajstić information content (AvgIpc) is 2.87. The minimum atomic E-state index is -4.48. The Labute approximate surface area is 125 Å². The molecular weight excluding hydrogens is 299 g/mol. The molecule has 0 amide bonds. The van der Waals surface area contributed by atoms with E-state index in [2.05, 4.69) is 4.98 Å². The summed E-state index contributed by atoms with van der Waals surface area (Å²) >= 11 is 0. The summed E-state index contributed by atoms with van der Waals surface area (Å²) in [6, 6.07) is 4.95. The van der Waals surface area contributed by atoms with Gasteiger partial charge in [0.1, 0.15) is 11.6 Å². The maximum absolute atomic E-state index is 12.7. The van der Waals surface area contributed by atoms with Gasteiger partial charge in [0.25, 0.3) is 0 Å². The molecule has 0 unspecified atom stereocenters. The van der Waals surface area contributed by atoms with Gasteiger partial charge in [-0.25, -0.2) is 4.98 Å². The number of halogens is 3. The fourth-order valence-corrected chi connectivity index (χ4v) is 1.99. The van der Waals surface area contributed by atoms with Crippen LogP contribution < -0.4 is 10.5 Å². The number of nitrogens with two attached hydrogens (primary N) is 1. The van der Waals surface area contributed by atoms with Crippen molar-refractivity contribution in [3.05, 3.63) is 35.7 Å². The van der Waals surface area contributed by atoms with Gasteiger partial charge in [-0.15, -0.1) is 0 Å². The summed E-state index contributed by atoms with van der Waals surface area (Å²) in [5.74, 6) is 0.650. The molecule has 1 aromatic carbocycles. The van der Waals surface area contributed by atoms with Crippen molar-refractivity contribution in [1.29, 1.82) is 0 Å². The summed E-state index contributed by atoms with van der Waals surface area (Å²) < 4.78 is 49.7. The molecule has 0 saturated carbocycles. The highest BCUT2D eigenvalue weighted by atomic mass is 19.4. The van der Waals surface area contributed by atoms with E-state index in [9.17, 15) is 13.2 Å². The summed E-state index contributed by atoms with van der Waals surface area (Å²) in [4.78, 5) is 3.65. The number of hydrogen-bond acceptors (Lipinski definition) is 4. The largest absolute Gasteiger partial charge is 0.467 e. The monoisotopic (exact) mass is 315 g/mol. The summed E-state index contributed by atoms with van der Waals surface area (Å²) in [5, 5.41) is 0. The predicted octanol–water partition coefficient (Wildman–Crippen LogP) is 2.55. The van der Waals surface area contributed by atoms with Crippen molar-refractivity contribution in [2.24, 2.45) is 12.8 Å². The molecule has 0 saturated heterocycles. The lowest BCUT2D eigenvalue weighted by Gasteiger charge is -2.11. The number of rotatable bonds is 5. The lowest BCUT2D eigenvalue weighted by molar-refractivity contribution is -0.140. The normalized spacial score (nSPS) is 11.7. The van der Waals surface area contributed by atoms with Crippen molar-refractivity contribution >= 4 is 0 Å². The molecule has 5 nitrogen and oxygen atoms in total. The Hall–Kier alpha value is -2.06. The van der Waals surface area contributed by atoms with Crippen LogP contribution in [0.4, 0.5) is 13.2 Å². The molecule has 120 valence electrons. The average molecular weight is 315 g/mol. The van der Waals surface area contributed by atoms with Crippen LogP contribution in [0.15, 0.2) is 24.4 Å². The van der Waals surface area contributed by atoms with Crippen LogP contribution in [0, 0.1) is 0 Å². The van der Waals surface area contributed by atoms with Gasteiger partial charge in [0.05, 0.1) is 0 Å². The number of imidazole rings is 1. The molecule has 1 aromatic heterocycles. The molecular formula is C14H16F3N3O2. The van der Waals surface area contributed by atoms with Gasteiger partial charge in [0.15, 0.2) is 12.5 Å². The van der Waals surface area contributed by atoms with Crippen molar-refractivity contribution in [3.8, 4) is 17.1 Å². The Bertz CT molecular complexity index is 653. The Morgan fingerprint density at radius 1 is 1.32 bits per heavy atom. The van der Waals surface area contributed by atoms with Gasteiger partial charge in [-0.2, -0.15) is 13.2 Å². The number of hydrogen-bond donors (Lipinski definition) is 1. The molecule has 1 heterocycles. The third-order valence-electron chi connectivity index (χ3n) is 3.04. The molecule has 2 N–H and O–H groups in total. The standard InChI is InChI=1S/C14H16F3N3O2/c1-20-7-12(14(15,16)17)19-13(20)9-3-4-10(6-18)11(5-9)22-8-21-2/h3-5,7H,6,8,18H2,1-2H3. The van der Waals surface area contributed by atoms with E-state index >= 15 is 0 Å². The van der Waals surface area contributed by atoms with Gasteiger partial charge in [-0.3, -0.25) is 0 Å². The van der Waals surface area contributed by atoms with Crippen LogP contribution in [0.1, 0.15) is 11.3 Å². The highest BCUT2D eigenvalue weighted by molar-refractivity contribution is 5.60. The molecule has 0 bridgehead atoms. The van der Waals surface area contributed by atoms with Crippen LogP contribution >= 0.6 is 0 Å². The van der Waals surface area contributed by atoms with E-state index in [1.807, 2.05) is 0 Å². The molecule has 0 atom stereocenters. The number of ether oxygens (including phenoxy) is 2. The summed E-state index contributed by atoms with van der Waals surface area (Å²) in [6.45, 7) is 0.262.